The van der Waals surface area contributed by atoms with Gasteiger partial charge in [-0.05, 0) is 74.0 Å². The maximum atomic E-state index is 12.9. The van der Waals surface area contributed by atoms with Crippen LogP contribution in [0.15, 0.2) is 60.2 Å². The van der Waals surface area contributed by atoms with E-state index in [-0.39, 0.29) is 5.57 Å². The van der Waals surface area contributed by atoms with Crippen molar-refractivity contribution in [1.29, 1.82) is 0 Å². The van der Waals surface area contributed by atoms with Crippen LogP contribution in [-0.4, -0.2) is 16.4 Å². The van der Waals surface area contributed by atoms with Crippen molar-refractivity contribution in [2.24, 2.45) is 0 Å². The minimum Gasteiger partial charge on any atom is -0.318 e. The van der Waals surface area contributed by atoms with E-state index in [1.165, 1.54) is 5.01 Å². The van der Waals surface area contributed by atoms with E-state index in [9.17, 15) is 9.59 Å². The number of aryl methyl sites for hydroxylation is 1. The number of carbonyl (C=O) groups excluding carboxylic acids is 2. The molecule has 0 spiro atoms. The predicted octanol–water partition coefficient (Wildman–Crippen LogP) is 4.86. The normalized spacial score (nSPS) is 15.3. The SMILES string of the molecule is Cc1cc(C=C2C(=O)NN(c3cccc(Cl)c3)C2=O)c(C)n1-c1ccc(Cl)cc1. The molecule has 1 aliphatic heterocycles. The van der Waals surface area contributed by atoms with Crippen LogP contribution in [0.3, 0.4) is 0 Å². The Balaban J connectivity index is 1.71. The quantitative estimate of drug-likeness (QED) is 0.480. The van der Waals surface area contributed by atoms with Crippen molar-refractivity contribution in [2.75, 3.05) is 5.01 Å². The van der Waals surface area contributed by atoms with Gasteiger partial charge in [-0.3, -0.25) is 15.0 Å². The van der Waals surface area contributed by atoms with Crippen molar-refractivity contribution < 1.29 is 9.59 Å². The number of amides is 2. The van der Waals surface area contributed by atoms with Crippen LogP contribution in [0, 0.1) is 13.8 Å². The molecule has 146 valence electrons. The number of carbonyl (C=O) groups is 2. The van der Waals surface area contributed by atoms with E-state index >= 15 is 0 Å². The molecule has 1 N–H and O–H groups in total. The van der Waals surface area contributed by atoms with Crippen LogP contribution in [0.2, 0.25) is 10.0 Å². The first-order valence-electron chi connectivity index (χ1n) is 8.93. The Kier molecular flexibility index (Phi) is 4.94. The fraction of sp³-hybridized carbons (Fsp3) is 0.0909. The molecule has 29 heavy (non-hydrogen) atoms. The van der Waals surface area contributed by atoms with Gasteiger partial charge < -0.3 is 4.57 Å². The highest BCUT2D eigenvalue weighted by atomic mass is 35.5. The summed E-state index contributed by atoms with van der Waals surface area (Å²) in [6, 6.07) is 16.2. The van der Waals surface area contributed by atoms with E-state index in [0.29, 0.717) is 15.7 Å². The van der Waals surface area contributed by atoms with Gasteiger partial charge in [0, 0.05) is 27.1 Å². The maximum Gasteiger partial charge on any atom is 0.282 e. The summed E-state index contributed by atoms with van der Waals surface area (Å²) in [5.74, 6) is -0.875. The molecule has 0 radical (unpaired) electrons. The molecule has 7 heteroatoms. The second-order valence-electron chi connectivity index (χ2n) is 6.76. The van der Waals surface area contributed by atoms with Crippen molar-refractivity contribution in [3.63, 3.8) is 0 Å². The van der Waals surface area contributed by atoms with Crippen molar-refractivity contribution in [2.45, 2.75) is 13.8 Å². The Labute approximate surface area is 178 Å². The Morgan fingerprint density at radius 3 is 2.31 bits per heavy atom. The summed E-state index contributed by atoms with van der Waals surface area (Å²) in [4.78, 5) is 25.3. The smallest absolute Gasteiger partial charge is 0.282 e. The van der Waals surface area contributed by atoms with Crippen molar-refractivity contribution >= 4 is 46.8 Å². The summed E-state index contributed by atoms with van der Waals surface area (Å²) in [5.41, 5.74) is 6.82. The number of aromatic nitrogens is 1. The average Bonchev–Trinajstić information content (AvgIpc) is 3.13. The zero-order chi connectivity index (χ0) is 20.7. The monoisotopic (exact) mass is 425 g/mol. The molecule has 5 nitrogen and oxygen atoms in total. The first-order chi connectivity index (χ1) is 13.8. The first kappa shape index (κ1) is 19.3. The molecule has 2 aromatic carbocycles. The standard InChI is InChI=1S/C22H17Cl2N3O2/c1-13-10-15(14(2)26(13)18-8-6-16(23)7-9-18)11-20-21(28)25-27(22(20)29)19-5-3-4-17(24)12-19/h3-12H,1-2H3,(H,25,28). The molecule has 0 atom stereocenters. The number of nitrogens with zero attached hydrogens (tertiary/aromatic N) is 2. The van der Waals surface area contributed by atoms with Gasteiger partial charge in [-0.25, -0.2) is 5.01 Å². The van der Waals surface area contributed by atoms with Crippen LogP contribution < -0.4 is 10.4 Å². The van der Waals surface area contributed by atoms with Gasteiger partial charge in [-0.2, -0.15) is 0 Å². The highest BCUT2D eigenvalue weighted by molar-refractivity contribution is 6.33. The highest BCUT2D eigenvalue weighted by Crippen LogP contribution is 2.27. The summed E-state index contributed by atoms with van der Waals surface area (Å²) in [7, 11) is 0. The van der Waals surface area contributed by atoms with E-state index in [1.807, 2.05) is 44.2 Å². The van der Waals surface area contributed by atoms with Crippen LogP contribution in [0.4, 0.5) is 5.69 Å². The van der Waals surface area contributed by atoms with Gasteiger partial charge in [-0.1, -0.05) is 29.3 Å². The molecule has 0 unspecified atom stereocenters. The van der Waals surface area contributed by atoms with Crippen LogP contribution in [-0.2, 0) is 9.59 Å². The molecule has 0 aliphatic carbocycles. The zero-order valence-corrected chi connectivity index (χ0v) is 17.3. The first-order valence-corrected chi connectivity index (χ1v) is 9.68. The summed E-state index contributed by atoms with van der Waals surface area (Å²) < 4.78 is 2.05. The van der Waals surface area contributed by atoms with Gasteiger partial charge in [0.15, 0.2) is 0 Å². The molecule has 2 heterocycles. The number of rotatable bonds is 3. The third kappa shape index (κ3) is 3.55. The highest BCUT2D eigenvalue weighted by Gasteiger charge is 2.34. The topological polar surface area (TPSA) is 54.3 Å². The molecule has 1 saturated heterocycles. The summed E-state index contributed by atoms with van der Waals surface area (Å²) in [6.07, 6.45) is 1.62. The van der Waals surface area contributed by atoms with Crippen molar-refractivity contribution in [3.8, 4) is 5.69 Å². The maximum absolute atomic E-state index is 12.9. The summed E-state index contributed by atoms with van der Waals surface area (Å²) in [5, 5.41) is 2.35. The molecule has 2 amide bonds. The molecule has 0 saturated carbocycles. The lowest BCUT2D eigenvalue weighted by molar-refractivity contribution is -0.117. The van der Waals surface area contributed by atoms with E-state index in [2.05, 4.69) is 9.99 Å². The van der Waals surface area contributed by atoms with Crippen LogP contribution in [0.5, 0.6) is 0 Å². The van der Waals surface area contributed by atoms with E-state index < -0.39 is 11.8 Å². The fourth-order valence-electron chi connectivity index (χ4n) is 3.43. The number of nitrogens with one attached hydrogen (secondary N) is 1. The number of benzene rings is 2. The van der Waals surface area contributed by atoms with Crippen LogP contribution in [0.25, 0.3) is 11.8 Å². The lowest BCUT2D eigenvalue weighted by Crippen LogP contribution is -2.35. The largest absolute Gasteiger partial charge is 0.318 e. The minimum atomic E-state index is -0.453. The van der Waals surface area contributed by atoms with Crippen molar-refractivity contribution in [3.05, 3.63) is 87.2 Å². The van der Waals surface area contributed by atoms with Gasteiger partial charge in [0.1, 0.15) is 5.57 Å². The lowest BCUT2D eigenvalue weighted by Gasteiger charge is -2.14. The van der Waals surface area contributed by atoms with E-state index in [0.717, 1.165) is 22.6 Å². The van der Waals surface area contributed by atoms with E-state index in [4.69, 9.17) is 23.2 Å². The Hall–Kier alpha value is -3.02. The molecule has 3 aromatic rings. The second-order valence-corrected chi connectivity index (χ2v) is 7.63. The second kappa shape index (κ2) is 7.43. The summed E-state index contributed by atoms with van der Waals surface area (Å²) >= 11 is 12.0. The van der Waals surface area contributed by atoms with Gasteiger partial charge in [0.05, 0.1) is 5.69 Å². The zero-order valence-electron chi connectivity index (χ0n) is 15.7. The molecule has 4 rings (SSSR count). The lowest BCUT2D eigenvalue weighted by atomic mass is 10.1. The number of anilines is 1. The number of halogens is 2. The predicted molar refractivity (Wildman–Crippen MR) is 115 cm³/mol. The van der Waals surface area contributed by atoms with Crippen LogP contribution in [0.1, 0.15) is 17.0 Å². The molecular weight excluding hydrogens is 409 g/mol. The van der Waals surface area contributed by atoms with Crippen molar-refractivity contribution in [1.82, 2.24) is 9.99 Å². The fourth-order valence-corrected chi connectivity index (χ4v) is 3.74. The summed E-state index contributed by atoms with van der Waals surface area (Å²) in [6.45, 7) is 3.92. The van der Waals surface area contributed by atoms with Gasteiger partial charge in [0.2, 0.25) is 0 Å². The molecule has 1 fully saturated rings. The third-order valence-corrected chi connectivity index (χ3v) is 5.30. The Morgan fingerprint density at radius 2 is 1.62 bits per heavy atom. The molecular formula is C22H17Cl2N3O2. The van der Waals surface area contributed by atoms with E-state index in [1.54, 1.807) is 30.3 Å². The number of hydrogen-bond acceptors (Lipinski definition) is 2. The Bertz CT molecular complexity index is 1160. The van der Waals surface area contributed by atoms with Gasteiger partial charge in [-0.15, -0.1) is 0 Å². The Morgan fingerprint density at radius 1 is 0.897 bits per heavy atom. The number of hydrogen-bond donors (Lipinski definition) is 1. The minimum absolute atomic E-state index is 0.0707. The molecule has 1 aliphatic rings. The molecule has 1 aromatic heterocycles. The molecule has 0 bridgehead atoms. The number of hydrazine groups is 1. The third-order valence-electron chi connectivity index (χ3n) is 4.81. The van der Waals surface area contributed by atoms with Crippen LogP contribution >= 0.6 is 23.2 Å². The van der Waals surface area contributed by atoms with Gasteiger partial charge >= 0.3 is 0 Å². The average molecular weight is 426 g/mol. The van der Waals surface area contributed by atoms with Gasteiger partial charge in [0.25, 0.3) is 11.8 Å².